The standard InChI is InChI=1S/C11H18N4OS/c1-7(12)11-5-15(14-13-11)10-3-9(4-10)6-17-8(2)16/h5,7,9-10H,3-4,6,12H2,1-2H3. The number of carbonyl (C=O) groups is 1. The van der Waals surface area contributed by atoms with Crippen LogP contribution in [-0.2, 0) is 4.79 Å². The quantitative estimate of drug-likeness (QED) is 0.882. The van der Waals surface area contributed by atoms with Crippen LogP contribution in [0.5, 0.6) is 0 Å². The van der Waals surface area contributed by atoms with Gasteiger partial charge in [0.05, 0.1) is 17.9 Å². The predicted octanol–water partition coefficient (Wildman–Crippen LogP) is 1.53. The van der Waals surface area contributed by atoms with Crippen molar-refractivity contribution < 1.29 is 4.79 Å². The van der Waals surface area contributed by atoms with Crippen molar-refractivity contribution in [3.8, 4) is 0 Å². The Kier molecular flexibility index (Phi) is 3.83. The van der Waals surface area contributed by atoms with Crippen molar-refractivity contribution in [3.05, 3.63) is 11.9 Å². The third-order valence-corrected chi connectivity index (χ3v) is 4.15. The molecule has 2 rings (SSSR count). The highest BCUT2D eigenvalue weighted by molar-refractivity contribution is 8.13. The molecular weight excluding hydrogens is 236 g/mol. The van der Waals surface area contributed by atoms with Crippen molar-refractivity contribution in [2.75, 3.05) is 5.75 Å². The van der Waals surface area contributed by atoms with E-state index in [1.54, 1.807) is 6.92 Å². The minimum atomic E-state index is -0.0621. The second-order valence-electron chi connectivity index (χ2n) is 4.71. The Morgan fingerprint density at radius 3 is 2.94 bits per heavy atom. The lowest BCUT2D eigenvalue weighted by Crippen LogP contribution is -2.29. The molecule has 0 spiro atoms. The van der Waals surface area contributed by atoms with E-state index in [4.69, 9.17) is 5.73 Å². The van der Waals surface area contributed by atoms with E-state index in [0.717, 1.165) is 24.3 Å². The lowest BCUT2D eigenvalue weighted by Gasteiger charge is -2.34. The van der Waals surface area contributed by atoms with Gasteiger partial charge in [-0.3, -0.25) is 4.79 Å². The summed E-state index contributed by atoms with van der Waals surface area (Å²) in [6, 6.07) is 0.375. The van der Waals surface area contributed by atoms with E-state index in [1.807, 2.05) is 17.8 Å². The molecule has 6 heteroatoms. The molecule has 1 saturated carbocycles. The second-order valence-corrected chi connectivity index (χ2v) is 5.90. The summed E-state index contributed by atoms with van der Waals surface area (Å²) in [5.41, 5.74) is 6.58. The number of thioether (sulfide) groups is 1. The molecule has 1 unspecified atom stereocenters. The van der Waals surface area contributed by atoms with E-state index < -0.39 is 0 Å². The molecule has 0 radical (unpaired) electrons. The molecule has 0 saturated heterocycles. The molecule has 2 N–H and O–H groups in total. The lowest BCUT2D eigenvalue weighted by atomic mass is 9.82. The SMILES string of the molecule is CC(=O)SCC1CC(n2cc(C(C)N)nn2)C1. The van der Waals surface area contributed by atoms with Gasteiger partial charge in [-0.1, -0.05) is 17.0 Å². The molecule has 1 atom stereocenters. The first-order valence-corrected chi connectivity index (χ1v) is 6.85. The predicted molar refractivity (Wildman–Crippen MR) is 67.5 cm³/mol. The summed E-state index contributed by atoms with van der Waals surface area (Å²) in [6.07, 6.45) is 4.10. The van der Waals surface area contributed by atoms with Gasteiger partial charge in [0.25, 0.3) is 0 Å². The van der Waals surface area contributed by atoms with Crippen LogP contribution in [0.15, 0.2) is 6.20 Å². The monoisotopic (exact) mass is 254 g/mol. The molecule has 0 amide bonds. The Labute approximate surface area is 105 Å². The van der Waals surface area contributed by atoms with E-state index in [-0.39, 0.29) is 11.2 Å². The minimum absolute atomic E-state index is 0.0621. The highest BCUT2D eigenvalue weighted by Gasteiger charge is 2.31. The lowest BCUT2D eigenvalue weighted by molar-refractivity contribution is -0.109. The van der Waals surface area contributed by atoms with Gasteiger partial charge in [-0.15, -0.1) is 5.10 Å². The highest BCUT2D eigenvalue weighted by atomic mass is 32.2. The summed E-state index contributed by atoms with van der Waals surface area (Å²) in [6.45, 7) is 3.52. The van der Waals surface area contributed by atoms with Crippen LogP contribution in [0, 0.1) is 5.92 Å². The van der Waals surface area contributed by atoms with Crippen LogP contribution in [0.4, 0.5) is 0 Å². The van der Waals surface area contributed by atoms with Crippen molar-refractivity contribution >= 4 is 16.9 Å². The van der Waals surface area contributed by atoms with Crippen LogP contribution in [0.25, 0.3) is 0 Å². The van der Waals surface area contributed by atoms with Crippen molar-refractivity contribution in [2.24, 2.45) is 11.7 Å². The van der Waals surface area contributed by atoms with Crippen molar-refractivity contribution in [1.29, 1.82) is 0 Å². The molecule has 5 nitrogen and oxygen atoms in total. The third kappa shape index (κ3) is 3.07. The van der Waals surface area contributed by atoms with Crippen LogP contribution in [-0.4, -0.2) is 25.9 Å². The van der Waals surface area contributed by atoms with Gasteiger partial charge >= 0.3 is 0 Å². The number of carbonyl (C=O) groups excluding carboxylic acids is 1. The molecule has 1 aromatic rings. The summed E-state index contributed by atoms with van der Waals surface area (Å²) >= 11 is 1.42. The summed E-state index contributed by atoms with van der Waals surface area (Å²) in [5, 5.41) is 8.35. The van der Waals surface area contributed by atoms with E-state index >= 15 is 0 Å². The van der Waals surface area contributed by atoms with Crippen LogP contribution in [0.3, 0.4) is 0 Å². The Morgan fingerprint density at radius 2 is 2.41 bits per heavy atom. The first-order valence-electron chi connectivity index (χ1n) is 5.87. The maximum Gasteiger partial charge on any atom is 0.185 e. The Bertz CT molecular complexity index is 398. The fourth-order valence-electron chi connectivity index (χ4n) is 1.97. The Morgan fingerprint density at radius 1 is 1.71 bits per heavy atom. The molecule has 1 aliphatic carbocycles. The topological polar surface area (TPSA) is 73.8 Å². The third-order valence-electron chi connectivity index (χ3n) is 3.10. The normalized spacial score (nSPS) is 25.4. The van der Waals surface area contributed by atoms with Crippen molar-refractivity contribution in [1.82, 2.24) is 15.0 Å². The largest absolute Gasteiger partial charge is 0.323 e. The van der Waals surface area contributed by atoms with Gasteiger partial charge in [-0.25, -0.2) is 4.68 Å². The van der Waals surface area contributed by atoms with Gasteiger partial charge in [-0.2, -0.15) is 0 Å². The van der Waals surface area contributed by atoms with Gasteiger partial charge in [0.1, 0.15) is 0 Å². The van der Waals surface area contributed by atoms with Crippen molar-refractivity contribution in [3.63, 3.8) is 0 Å². The number of rotatable bonds is 4. The van der Waals surface area contributed by atoms with Crippen LogP contribution < -0.4 is 5.73 Å². The number of aromatic nitrogens is 3. The smallest absolute Gasteiger partial charge is 0.185 e. The maximum absolute atomic E-state index is 10.8. The van der Waals surface area contributed by atoms with E-state index in [1.165, 1.54) is 11.8 Å². The van der Waals surface area contributed by atoms with E-state index in [9.17, 15) is 4.79 Å². The minimum Gasteiger partial charge on any atom is -0.323 e. The fraction of sp³-hybridized carbons (Fsp3) is 0.727. The Balaban J connectivity index is 1.80. The number of hydrogen-bond donors (Lipinski definition) is 1. The van der Waals surface area contributed by atoms with E-state index in [0.29, 0.717) is 12.0 Å². The van der Waals surface area contributed by atoms with Gasteiger partial charge in [0, 0.05) is 18.7 Å². The van der Waals surface area contributed by atoms with Crippen LogP contribution in [0.2, 0.25) is 0 Å². The second kappa shape index (κ2) is 5.18. The van der Waals surface area contributed by atoms with E-state index in [2.05, 4.69) is 10.3 Å². The molecular formula is C11H18N4OS. The maximum atomic E-state index is 10.8. The molecule has 1 fully saturated rings. The summed E-state index contributed by atoms with van der Waals surface area (Å²) in [4.78, 5) is 10.8. The molecule has 17 heavy (non-hydrogen) atoms. The molecule has 0 aromatic carbocycles. The average molecular weight is 254 g/mol. The zero-order chi connectivity index (χ0) is 12.4. The number of nitrogens with zero attached hydrogens (tertiary/aromatic N) is 3. The summed E-state index contributed by atoms with van der Waals surface area (Å²) < 4.78 is 1.91. The van der Waals surface area contributed by atoms with Gasteiger partial charge in [-0.05, 0) is 25.7 Å². The number of hydrogen-bond acceptors (Lipinski definition) is 5. The van der Waals surface area contributed by atoms with Gasteiger partial charge < -0.3 is 5.73 Å². The fourth-order valence-corrected chi connectivity index (χ4v) is 2.71. The molecule has 94 valence electrons. The van der Waals surface area contributed by atoms with Crippen LogP contribution in [0.1, 0.15) is 44.5 Å². The molecule has 0 aliphatic heterocycles. The summed E-state index contributed by atoms with van der Waals surface area (Å²) in [5.74, 6) is 1.57. The Hall–Kier alpha value is -0.880. The molecule has 1 aromatic heterocycles. The molecule has 1 aliphatic rings. The van der Waals surface area contributed by atoms with Gasteiger partial charge in [0.2, 0.25) is 0 Å². The van der Waals surface area contributed by atoms with Crippen LogP contribution >= 0.6 is 11.8 Å². The van der Waals surface area contributed by atoms with Gasteiger partial charge in [0.15, 0.2) is 5.12 Å². The highest BCUT2D eigenvalue weighted by Crippen LogP contribution is 2.39. The average Bonchev–Trinajstić information content (AvgIpc) is 2.63. The molecule has 1 heterocycles. The first kappa shape index (κ1) is 12.6. The first-order chi connectivity index (χ1) is 8.06. The zero-order valence-corrected chi connectivity index (χ0v) is 11.0. The zero-order valence-electron chi connectivity index (χ0n) is 10.2. The van der Waals surface area contributed by atoms with Crippen molar-refractivity contribution in [2.45, 2.75) is 38.8 Å². The summed E-state index contributed by atoms with van der Waals surface area (Å²) in [7, 11) is 0. The number of nitrogens with two attached hydrogens (primary N) is 1. The molecule has 0 bridgehead atoms.